The quantitative estimate of drug-likeness (QED) is 0.166. The molecule has 0 aliphatic rings. The predicted molar refractivity (Wildman–Crippen MR) is 167 cm³/mol. The molecule has 0 saturated heterocycles. The van der Waals surface area contributed by atoms with Crippen molar-refractivity contribution in [1.29, 1.82) is 0 Å². The lowest BCUT2D eigenvalue weighted by atomic mass is 9.86. The van der Waals surface area contributed by atoms with Crippen LogP contribution in [0, 0.1) is 13.3 Å². The number of ether oxygens (including phenoxy) is 1. The summed E-state index contributed by atoms with van der Waals surface area (Å²) in [6.45, 7) is 15.5. The SMILES string of the molecule is Cc1c[n+](C)[c-]n1-c1cc(Oc2ccc3c4ccccc4n(-c4cc(C(C)(C)C)ccn4)c3c2)cc(C(C)(C)C)c1. The molecule has 0 fully saturated rings. The predicted octanol–water partition coefficient (Wildman–Crippen LogP) is 8.29. The molecule has 0 radical (unpaired) electrons. The van der Waals surface area contributed by atoms with Gasteiger partial charge in [-0.1, -0.05) is 65.8 Å². The average molecular weight is 543 g/mol. The smallest absolute Gasteiger partial charge is 0.243 e. The highest BCUT2D eigenvalue weighted by molar-refractivity contribution is 6.09. The van der Waals surface area contributed by atoms with Crippen LogP contribution in [-0.4, -0.2) is 14.1 Å². The first kappa shape index (κ1) is 26.8. The van der Waals surface area contributed by atoms with E-state index in [9.17, 15) is 0 Å². The molecule has 0 amide bonds. The van der Waals surface area contributed by atoms with Crippen molar-refractivity contribution in [2.75, 3.05) is 0 Å². The molecule has 0 unspecified atom stereocenters. The Morgan fingerprint density at radius 1 is 0.756 bits per heavy atom. The summed E-state index contributed by atoms with van der Waals surface area (Å²) >= 11 is 0. The maximum atomic E-state index is 6.63. The number of hydrogen-bond acceptors (Lipinski definition) is 2. The standard InChI is InChI=1S/C36H38N4O/c1-24-22-38(8)23-39(24)27-17-26(36(5,6)7)18-29(20-27)41-28-13-14-31-30-11-9-10-12-32(30)40(33(31)21-28)34-19-25(15-16-37-34)35(2,3)4/h9-22H,1-8H3. The summed E-state index contributed by atoms with van der Waals surface area (Å²) in [6, 6.07) is 25.7. The summed E-state index contributed by atoms with van der Waals surface area (Å²) < 4.78 is 12.9. The van der Waals surface area contributed by atoms with Gasteiger partial charge in [0.25, 0.3) is 0 Å². The Kier molecular flexibility index (Phi) is 6.29. The molecule has 0 N–H and O–H groups in total. The number of rotatable bonds is 4. The van der Waals surface area contributed by atoms with Crippen molar-refractivity contribution in [2.45, 2.75) is 59.3 Å². The van der Waals surface area contributed by atoms with Crippen LogP contribution in [-0.2, 0) is 17.9 Å². The highest BCUT2D eigenvalue weighted by atomic mass is 16.5. The second kappa shape index (κ2) is 9.62. The number of nitrogens with zero attached hydrogens (tertiary/aromatic N) is 4. The number of para-hydroxylation sites is 1. The Hall–Kier alpha value is -4.38. The monoisotopic (exact) mass is 542 g/mol. The van der Waals surface area contributed by atoms with Crippen LogP contribution >= 0.6 is 0 Å². The first-order valence-electron chi connectivity index (χ1n) is 14.2. The van der Waals surface area contributed by atoms with Crippen LogP contribution in [0.3, 0.4) is 0 Å². The van der Waals surface area contributed by atoms with Crippen LogP contribution in [0.1, 0.15) is 58.4 Å². The van der Waals surface area contributed by atoms with Gasteiger partial charge < -0.3 is 13.9 Å². The zero-order valence-corrected chi connectivity index (χ0v) is 25.3. The normalized spacial score (nSPS) is 12.4. The van der Waals surface area contributed by atoms with Crippen molar-refractivity contribution in [3.05, 3.63) is 108 Å². The Labute approximate surface area is 242 Å². The molecular formula is C36H38N4O. The topological polar surface area (TPSA) is 35.9 Å². The number of aryl methyl sites for hydroxylation is 2. The van der Waals surface area contributed by atoms with E-state index in [1.54, 1.807) is 0 Å². The second-order valence-electron chi connectivity index (χ2n) is 13.1. The number of aromatic nitrogens is 4. The molecule has 0 bridgehead atoms. The fourth-order valence-electron chi connectivity index (χ4n) is 5.47. The van der Waals surface area contributed by atoms with Gasteiger partial charge in [-0.3, -0.25) is 4.57 Å². The van der Waals surface area contributed by atoms with Crippen molar-refractivity contribution in [2.24, 2.45) is 7.05 Å². The van der Waals surface area contributed by atoms with Crippen molar-refractivity contribution >= 4 is 21.8 Å². The number of fused-ring (bicyclic) bond motifs is 3. The summed E-state index contributed by atoms with van der Waals surface area (Å²) in [7, 11) is 1.99. The minimum atomic E-state index is -0.0442. The average Bonchev–Trinajstić information content (AvgIpc) is 3.43. The molecule has 0 atom stereocenters. The van der Waals surface area contributed by atoms with E-state index in [-0.39, 0.29) is 10.8 Å². The molecule has 0 saturated carbocycles. The summed E-state index contributed by atoms with van der Waals surface area (Å²) in [5.74, 6) is 2.49. The molecule has 5 nitrogen and oxygen atoms in total. The van der Waals surface area contributed by atoms with E-state index >= 15 is 0 Å². The summed E-state index contributed by atoms with van der Waals surface area (Å²) in [4.78, 5) is 4.82. The Morgan fingerprint density at radius 3 is 2.20 bits per heavy atom. The highest BCUT2D eigenvalue weighted by Crippen LogP contribution is 2.37. The lowest BCUT2D eigenvalue weighted by Crippen LogP contribution is -2.24. The van der Waals surface area contributed by atoms with Crippen LogP contribution in [0.25, 0.3) is 33.3 Å². The third-order valence-corrected chi connectivity index (χ3v) is 7.73. The van der Waals surface area contributed by atoms with E-state index in [1.807, 2.05) is 17.8 Å². The first-order chi connectivity index (χ1) is 19.4. The molecule has 6 aromatic rings. The number of hydrogen-bond donors (Lipinski definition) is 0. The van der Waals surface area contributed by atoms with E-state index < -0.39 is 0 Å². The Bertz CT molecular complexity index is 1910. The van der Waals surface area contributed by atoms with Crippen LogP contribution in [0.5, 0.6) is 11.5 Å². The fourth-order valence-corrected chi connectivity index (χ4v) is 5.47. The van der Waals surface area contributed by atoms with Gasteiger partial charge in [-0.15, -0.1) is 0 Å². The third-order valence-electron chi connectivity index (χ3n) is 7.73. The lowest BCUT2D eigenvalue weighted by Gasteiger charge is -2.22. The summed E-state index contributed by atoms with van der Waals surface area (Å²) in [5.41, 5.74) is 6.76. The first-order valence-corrected chi connectivity index (χ1v) is 14.2. The van der Waals surface area contributed by atoms with E-state index in [0.29, 0.717) is 0 Å². The maximum Gasteiger partial charge on any atom is 0.243 e. The molecule has 3 aromatic heterocycles. The van der Waals surface area contributed by atoms with Crippen LogP contribution in [0.2, 0.25) is 0 Å². The van der Waals surface area contributed by atoms with Gasteiger partial charge >= 0.3 is 0 Å². The third kappa shape index (κ3) is 5.01. The van der Waals surface area contributed by atoms with Gasteiger partial charge in [-0.05, 0) is 71.3 Å². The molecule has 0 aliphatic carbocycles. The van der Waals surface area contributed by atoms with Crippen molar-refractivity contribution in [3.63, 3.8) is 0 Å². The van der Waals surface area contributed by atoms with Crippen LogP contribution < -0.4 is 9.30 Å². The van der Waals surface area contributed by atoms with Gasteiger partial charge in [0.1, 0.15) is 17.3 Å². The van der Waals surface area contributed by atoms with Gasteiger partial charge in [0.05, 0.1) is 23.8 Å². The van der Waals surface area contributed by atoms with E-state index in [0.717, 1.165) is 39.7 Å². The molecular weight excluding hydrogens is 504 g/mol. The van der Waals surface area contributed by atoms with Crippen LogP contribution in [0.4, 0.5) is 0 Å². The molecule has 5 heteroatoms. The van der Waals surface area contributed by atoms with Gasteiger partial charge in [0, 0.05) is 34.9 Å². The maximum absolute atomic E-state index is 6.63. The number of pyridine rings is 1. The molecule has 208 valence electrons. The molecule has 41 heavy (non-hydrogen) atoms. The van der Waals surface area contributed by atoms with E-state index in [1.165, 1.54) is 21.9 Å². The Morgan fingerprint density at radius 2 is 1.49 bits per heavy atom. The van der Waals surface area contributed by atoms with Gasteiger partial charge in [-0.25, -0.2) is 4.98 Å². The number of benzene rings is 3. The van der Waals surface area contributed by atoms with Gasteiger partial charge in [0.2, 0.25) is 6.33 Å². The van der Waals surface area contributed by atoms with Gasteiger partial charge in [0.15, 0.2) is 0 Å². The summed E-state index contributed by atoms with van der Waals surface area (Å²) in [5, 5.41) is 2.37. The molecule has 0 spiro atoms. The second-order valence-corrected chi connectivity index (χ2v) is 13.1. The minimum Gasteiger partial charge on any atom is -0.458 e. The molecule has 0 aliphatic heterocycles. The van der Waals surface area contributed by atoms with Crippen molar-refractivity contribution in [1.82, 2.24) is 14.1 Å². The zero-order chi connectivity index (χ0) is 29.1. The zero-order valence-electron chi connectivity index (χ0n) is 25.3. The van der Waals surface area contributed by atoms with Gasteiger partial charge in [-0.2, -0.15) is 0 Å². The minimum absolute atomic E-state index is 0.0209. The van der Waals surface area contributed by atoms with Crippen molar-refractivity contribution < 1.29 is 9.30 Å². The van der Waals surface area contributed by atoms with E-state index in [4.69, 9.17) is 9.72 Å². The number of imidazole rings is 1. The van der Waals surface area contributed by atoms with Crippen LogP contribution in [0.15, 0.2) is 85.2 Å². The molecule has 3 aromatic carbocycles. The Balaban J connectivity index is 1.50. The summed E-state index contributed by atoms with van der Waals surface area (Å²) in [6.07, 6.45) is 7.36. The molecule has 3 heterocycles. The lowest BCUT2D eigenvalue weighted by molar-refractivity contribution is -0.675. The fraction of sp³-hybridized carbons (Fsp3) is 0.278. The van der Waals surface area contributed by atoms with E-state index in [2.05, 4.69) is 143 Å². The molecule has 6 rings (SSSR count). The highest BCUT2D eigenvalue weighted by Gasteiger charge is 2.20. The largest absolute Gasteiger partial charge is 0.458 e. The van der Waals surface area contributed by atoms with Crippen molar-refractivity contribution in [3.8, 4) is 23.0 Å².